The van der Waals surface area contributed by atoms with Gasteiger partial charge in [0, 0.05) is 18.7 Å². The molecule has 0 amide bonds. The van der Waals surface area contributed by atoms with Crippen LogP contribution in [0.25, 0.3) is 11.1 Å². The molecule has 0 atom stereocenters. The minimum absolute atomic E-state index is 0.293. The van der Waals surface area contributed by atoms with E-state index in [4.69, 9.17) is 9.52 Å². The fourth-order valence-electron chi connectivity index (χ4n) is 1.62. The van der Waals surface area contributed by atoms with Gasteiger partial charge < -0.3 is 14.1 Å². The van der Waals surface area contributed by atoms with E-state index in [0.717, 1.165) is 11.9 Å². The van der Waals surface area contributed by atoms with E-state index in [2.05, 4.69) is 0 Å². The van der Waals surface area contributed by atoms with Crippen molar-refractivity contribution in [2.45, 2.75) is 19.9 Å². The number of carboxylic acids is 1. The highest BCUT2D eigenvalue weighted by atomic mass is 16.4. The molecule has 0 bridgehead atoms. The molecule has 0 aliphatic heterocycles. The number of aromatic carboxylic acids is 1. The van der Waals surface area contributed by atoms with Gasteiger partial charge in [-0.15, -0.1) is 0 Å². The van der Waals surface area contributed by atoms with Gasteiger partial charge in [-0.2, -0.15) is 0 Å². The van der Waals surface area contributed by atoms with Crippen LogP contribution in [-0.2, 0) is 6.54 Å². The average Bonchev–Trinajstić information content (AvgIpc) is 2.67. The monoisotopic (exact) mass is 193 g/mol. The third-order valence-corrected chi connectivity index (χ3v) is 2.19. The van der Waals surface area contributed by atoms with Crippen LogP contribution in [0.3, 0.4) is 0 Å². The second kappa shape index (κ2) is 3.21. The van der Waals surface area contributed by atoms with Crippen LogP contribution in [0.4, 0.5) is 0 Å². The van der Waals surface area contributed by atoms with Crippen molar-refractivity contribution < 1.29 is 14.3 Å². The summed E-state index contributed by atoms with van der Waals surface area (Å²) in [5, 5.41) is 8.95. The first-order valence-corrected chi connectivity index (χ1v) is 4.54. The van der Waals surface area contributed by atoms with Crippen molar-refractivity contribution in [3.8, 4) is 0 Å². The highest BCUT2D eigenvalue weighted by Crippen LogP contribution is 2.21. The molecule has 0 aliphatic rings. The molecular formula is C10H11NO3. The van der Waals surface area contributed by atoms with Gasteiger partial charge in [0.1, 0.15) is 5.69 Å². The summed E-state index contributed by atoms with van der Waals surface area (Å²) < 4.78 is 6.92. The topological polar surface area (TPSA) is 55.4 Å². The number of carboxylic acid groups (broad SMARTS) is 1. The van der Waals surface area contributed by atoms with Crippen LogP contribution < -0.4 is 0 Å². The van der Waals surface area contributed by atoms with Crippen LogP contribution in [0.1, 0.15) is 23.8 Å². The van der Waals surface area contributed by atoms with E-state index in [0.29, 0.717) is 17.8 Å². The summed E-state index contributed by atoms with van der Waals surface area (Å²) in [6.45, 7) is 2.71. The van der Waals surface area contributed by atoms with Gasteiger partial charge in [-0.1, -0.05) is 6.92 Å². The predicted octanol–water partition coefficient (Wildman–Crippen LogP) is 2.34. The van der Waals surface area contributed by atoms with Gasteiger partial charge in [0.25, 0.3) is 0 Å². The number of aryl methyl sites for hydroxylation is 1. The van der Waals surface area contributed by atoms with Crippen molar-refractivity contribution in [2.24, 2.45) is 0 Å². The molecule has 2 heterocycles. The van der Waals surface area contributed by atoms with Crippen molar-refractivity contribution in [3.63, 3.8) is 0 Å². The lowest BCUT2D eigenvalue weighted by atomic mass is 10.4. The van der Waals surface area contributed by atoms with E-state index in [1.165, 1.54) is 0 Å². The van der Waals surface area contributed by atoms with Crippen LogP contribution in [0.15, 0.2) is 22.8 Å². The molecule has 2 aromatic rings. The van der Waals surface area contributed by atoms with Crippen LogP contribution in [-0.4, -0.2) is 15.6 Å². The predicted molar refractivity (Wildman–Crippen MR) is 51.5 cm³/mol. The Hall–Kier alpha value is -1.71. The molecule has 0 fully saturated rings. The lowest BCUT2D eigenvalue weighted by molar-refractivity contribution is 0.0685. The Morgan fingerprint density at radius 2 is 2.43 bits per heavy atom. The van der Waals surface area contributed by atoms with Crippen molar-refractivity contribution in [3.05, 3.63) is 24.1 Å². The van der Waals surface area contributed by atoms with Crippen LogP contribution in [0, 0.1) is 0 Å². The molecule has 1 N–H and O–H groups in total. The summed E-state index contributed by atoms with van der Waals surface area (Å²) >= 11 is 0. The van der Waals surface area contributed by atoms with E-state index >= 15 is 0 Å². The van der Waals surface area contributed by atoms with E-state index in [1.54, 1.807) is 23.0 Å². The molecule has 0 unspecified atom stereocenters. The van der Waals surface area contributed by atoms with E-state index in [-0.39, 0.29) is 0 Å². The van der Waals surface area contributed by atoms with Gasteiger partial charge >= 0.3 is 5.97 Å². The summed E-state index contributed by atoms with van der Waals surface area (Å²) in [5.74, 6) is -0.912. The van der Waals surface area contributed by atoms with Gasteiger partial charge in [-0.05, 0) is 6.42 Å². The Morgan fingerprint density at radius 1 is 1.64 bits per heavy atom. The first-order valence-electron chi connectivity index (χ1n) is 4.54. The Kier molecular flexibility index (Phi) is 2.04. The molecule has 4 nitrogen and oxygen atoms in total. The van der Waals surface area contributed by atoms with Gasteiger partial charge in [-0.3, -0.25) is 0 Å². The van der Waals surface area contributed by atoms with Crippen molar-refractivity contribution in [2.75, 3.05) is 0 Å². The molecule has 0 spiro atoms. The lowest BCUT2D eigenvalue weighted by Gasteiger charge is -2.03. The van der Waals surface area contributed by atoms with Gasteiger partial charge in [0.15, 0.2) is 5.58 Å². The first kappa shape index (κ1) is 8.87. The normalized spacial score (nSPS) is 10.9. The van der Waals surface area contributed by atoms with Gasteiger partial charge in [0.2, 0.25) is 0 Å². The Morgan fingerprint density at radius 3 is 3.07 bits per heavy atom. The summed E-state index contributed by atoms with van der Waals surface area (Å²) in [6.07, 6.45) is 2.47. The van der Waals surface area contributed by atoms with Crippen LogP contribution >= 0.6 is 0 Å². The number of aromatic nitrogens is 1. The Labute approximate surface area is 80.7 Å². The molecular weight excluding hydrogens is 182 g/mol. The Bertz CT molecular complexity index is 467. The summed E-state index contributed by atoms with van der Waals surface area (Å²) in [4.78, 5) is 10.9. The third kappa shape index (κ3) is 1.19. The van der Waals surface area contributed by atoms with Crippen molar-refractivity contribution in [1.29, 1.82) is 0 Å². The number of rotatable bonds is 3. The molecule has 2 aromatic heterocycles. The second-order valence-corrected chi connectivity index (χ2v) is 3.16. The number of hydrogen-bond donors (Lipinski definition) is 1. The molecule has 74 valence electrons. The number of furan rings is 1. The first-order chi connectivity index (χ1) is 6.74. The van der Waals surface area contributed by atoms with E-state index in [1.807, 2.05) is 6.92 Å². The highest BCUT2D eigenvalue weighted by Gasteiger charge is 2.15. The molecule has 2 rings (SSSR count). The zero-order valence-corrected chi connectivity index (χ0v) is 7.86. The van der Waals surface area contributed by atoms with E-state index in [9.17, 15) is 4.79 Å². The van der Waals surface area contributed by atoms with E-state index < -0.39 is 5.97 Å². The fraction of sp³-hybridized carbons (Fsp3) is 0.300. The summed E-state index contributed by atoms with van der Waals surface area (Å²) in [7, 11) is 0. The molecule has 14 heavy (non-hydrogen) atoms. The molecule has 0 aromatic carbocycles. The van der Waals surface area contributed by atoms with Crippen LogP contribution in [0.2, 0.25) is 0 Å². The fourth-order valence-corrected chi connectivity index (χ4v) is 1.62. The smallest absolute Gasteiger partial charge is 0.352 e. The molecule has 0 aliphatic carbocycles. The maximum Gasteiger partial charge on any atom is 0.352 e. The minimum Gasteiger partial charge on any atom is -0.477 e. The SMILES string of the molecule is CCCn1c(C(=O)O)cc2occc21. The number of hydrogen-bond acceptors (Lipinski definition) is 2. The number of carbonyl (C=O) groups is 1. The maximum absolute atomic E-state index is 10.9. The molecule has 0 radical (unpaired) electrons. The minimum atomic E-state index is -0.912. The van der Waals surface area contributed by atoms with Crippen LogP contribution in [0.5, 0.6) is 0 Å². The molecule has 0 saturated carbocycles. The second-order valence-electron chi connectivity index (χ2n) is 3.16. The largest absolute Gasteiger partial charge is 0.477 e. The highest BCUT2D eigenvalue weighted by molar-refractivity contribution is 5.92. The third-order valence-electron chi connectivity index (χ3n) is 2.19. The summed E-state index contributed by atoms with van der Waals surface area (Å²) in [6, 6.07) is 3.35. The van der Waals surface area contributed by atoms with Gasteiger partial charge in [-0.25, -0.2) is 4.79 Å². The summed E-state index contributed by atoms with van der Waals surface area (Å²) in [5.41, 5.74) is 1.78. The average molecular weight is 193 g/mol. The zero-order valence-electron chi connectivity index (χ0n) is 7.86. The molecule has 4 heteroatoms. The molecule has 0 saturated heterocycles. The number of nitrogens with zero attached hydrogens (tertiary/aromatic N) is 1. The quantitative estimate of drug-likeness (QED) is 0.813. The Balaban J connectivity index is 2.63. The number of fused-ring (bicyclic) bond motifs is 1. The maximum atomic E-state index is 10.9. The van der Waals surface area contributed by atoms with Crippen molar-refractivity contribution >= 4 is 17.1 Å². The zero-order chi connectivity index (χ0) is 10.1. The standard InChI is InChI=1S/C10H11NO3/c1-2-4-11-7-3-5-14-9(7)6-8(11)10(12)13/h3,5-6H,2,4H2,1H3,(H,12,13). The van der Waals surface area contributed by atoms with Gasteiger partial charge in [0.05, 0.1) is 11.8 Å². The lowest BCUT2D eigenvalue weighted by Crippen LogP contribution is -2.07. The van der Waals surface area contributed by atoms with Crippen molar-refractivity contribution in [1.82, 2.24) is 4.57 Å².